The van der Waals surface area contributed by atoms with Crippen LogP contribution in [-0.2, 0) is 0 Å². The van der Waals surface area contributed by atoms with Gasteiger partial charge in [0.25, 0.3) is 0 Å². The molecule has 1 saturated carbocycles. The first-order valence-corrected chi connectivity index (χ1v) is 13.7. The summed E-state index contributed by atoms with van der Waals surface area (Å²) in [5.41, 5.74) is 3.90. The van der Waals surface area contributed by atoms with Crippen molar-refractivity contribution in [3.63, 3.8) is 0 Å². The number of benzene rings is 1. The van der Waals surface area contributed by atoms with E-state index in [1.165, 1.54) is 23.3 Å². The Labute approximate surface area is 228 Å². The quantitative estimate of drug-likeness (QED) is 0.457. The van der Waals surface area contributed by atoms with E-state index in [0.29, 0.717) is 48.1 Å². The van der Waals surface area contributed by atoms with Gasteiger partial charge in [-0.1, -0.05) is 24.3 Å². The molecule has 9 nitrogen and oxygen atoms in total. The second-order valence-electron chi connectivity index (χ2n) is 10.7. The molecule has 3 aromatic rings. The number of anilines is 1. The van der Waals surface area contributed by atoms with Gasteiger partial charge in [0.15, 0.2) is 0 Å². The number of nitrogens with zero attached hydrogens (tertiary/aromatic N) is 5. The Morgan fingerprint density at radius 2 is 1.74 bits per heavy atom. The highest BCUT2D eigenvalue weighted by Crippen LogP contribution is 2.32. The van der Waals surface area contributed by atoms with E-state index < -0.39 is 6.03 Å². The molecule has 2 aromatic heterocycles. The van der Waals surface area contributed by atoms with Crippen molar-refractivity contribution in [2.45, 2.75) is 44.6 Å². The minimum Gasteiger partial charge on any atom is -0.455 e. The molecule has 202 valence electrons. The number of imide groups is 1. The summed E-state index contributed by atoms with van der Waals surface area (Å²) in [5, 5.41) is 2.75. The number of nitrogens with one attached hydrogen (secondary N) is 1. The zero-order valence-corrected chi connectivity index (χ0v) is 22.5. The van der Waals surface area contributed by atoms with Crippen molar-refractivity contribution in [3.8, 4) is 22.8 Å². The molecule has 0 spiro atoms. The second-order valence-corrected chi connectivity index (χ2v) is 10.7. The van der Waals surface area contributed by atoms with Gasteiger partial charge in [0.1, 0.15) is 17.3 Å². The molecule has 1 aromatic carbocycles. The van der Waals surface area contributed by atoms with E-state index in [2.05, 4.69) is 51.5 Å². The zero-order valence-electron chi connectivity index (χ0n) is 22.5. The molecule has 9 heteroatoms. The molecule has 0 radical (unpaired) electrons. The number of hydrogen-bond donors (Lipinski definition) is 1. The summed E-state index contributed by atoms with van der Waals surface area (Å²) in [6, 6.07) is 15.5. The maximum atomic E-state index is 12.7. The number of hydrogen-bond acceptors (Lipinski definition) is 6. The molecule has 1 N–H and O–H groups in total. The van der Waals surface area contributed by atoms with E-state index in [-0.39, 0.29) is 6.03 Å². The maximum absolute atomic E-state index is 12.7. The molecule has 2 aliphatic heterocycles. The summed E-state index contributed by atoms with van der Waals surface area (Å²) in [4.78, 5) is 39.7. The van der Waals surface area contributed by atoms with Gasteiger partial charge in [0, 0.05) is 37.0 Å². The third kappa shape index (κ3) is 5.59. The van der Waals surface area contributed by atoms with Crippen molar-refractivity contribution in [1.29, 1.82) is 0 Å². The van der Waals surface area contributed by atoms with Crippen molar-refractivity contribution < 1.29 is 14.3 Å². The normalized spacial score (nSPS) is 18.5. The Morgan fingerprint density at radius 3 is 2.46 bits per heavy atom. The van der Waals surface area contributed by atoms with Gasteiger partial charge in [-0.15, -0.1) is 0 Å². The van der Waals surface area contributed by atoms with E-state index >= 15 is 0 Å². The highest BCUT2D eigenvalue weighted by Gasteiger charge is 2.41. The van der Waals surface area contributed by atoms with Gasteiger partial charge >= 0.3 is 12.1 Å². The fourth-order valence-electron chi connectivity index (χ4n) is 5.40. The third-order valence-corrected chi connectivity index (χ3v) is 7.90. The van der Waals surface area contributed by atoms with Crippen LogP contribution in [0.3, 0.4) is 0 Å². The number of aryl methyl sites for hydroxylation is 1. The van der Waals surface area contributed by atoms with Crippen LogP contribution < -0.4 is 10.1 Å². The lowest BCUT2D eigenvalue weighted by atomic mass is 9.89. The lowest BCUT2D eigenvalue weighted by Crippen LogP contribution is -2.39. The summed E-state index contributed by atoms with van der Waals surface area (Å²) >= 11 is 0. The Balaban J connectivity index is 1.09. The lowest BCUT2D eigenvalue weighted by molar-refractivity contribution is 0.189. The Morgan fingerprint density at radius 1 is 0.974 bits per heavy atom. The molecule has 3 fully saturated rings. The van der Waals surface area contributed by atoms with Crippen LogP contribution in [0.5, 0.6) is 11.5 Å². The van der Waals surface area contributed by atoms with Crippen LogP contribution in [0.4, 0.5) is 15.4 Å². The molecular formula is C30H34N6O3. The van der Waals surface area contributed by atoms with Crippen molar-refractivity contribution in [3.05, 3.63) is 66.0 Å². The van der Waals surface area contributed by atoms with Crippen LogP contribution in [-0.4, -0.2) is 76.0 Å². The smallest absolute Gasteiger partial charge is 0.331 e. The fraction of sp³-hybridized carbons (Fsp3) is 0.400. The van der Waals surface area contributed by atoms with Crippen LogP contribution in [0, 0.1) is 6.92 Å². The second kappa shape index (κ2) is 10.6. The molecule has 2 saturated heterocycles. The molecule has 3 aliphatic rings. The number of amides is 4. The van der Waals surface area contributed by atoms with Crippen LogP contribution in [0.2, 0.25) is 0 Å². The minimum absolute atomic E-state index is 0.225. The lowest BCUT2D eigenvalue weighted by Gasteiger charge is -2.29. The standard InChI is InChI=1S/C30H34N6O3/c1-20-27(9-10-28(32-20)33-29(37)36-18-17-35(30(36)38)24-7-8-24)39-25-11-14-31-26(19-25)23-5-3-21(4-6-23)22-12-15-34(2)16-13-22/h3-6,9-11,14,19,22,24H,7-8,12-13,15-18H2,1-2H3,(H,32,33,37). The van der Waals surface area contributed by atoms with Gasteiger partial charge in [0.05, 0.1) is 11.4 Å². The van der Waals surface area contributed by atoms with Gasteiger partial charge in [-0.2, -0.15) is 0 Å². The SMILES string of the molecule is Cc1nc(NC(=O)N2CCN(C3CC3)C2=O)ccc1Oc1ccnc(-c2ccc(C3CCN(C)CC3)cc2)c1. The molecule has 1 aliphatic carbocycles. The maximum Gasteiger partial charge on any atom is 0.331 e. The van der Waals surface area contributed by atoms with Crippen molar-refractivity contribution in [1.82, 2.24) is 24.7 Å². The van der Waals surface area contributed by atoms with E-state index in [0.717, 1.165) is 37.2 Å². The molecular weight excluding hydrogens is 492 g/mol. The van der Waals surface area contributed by atoms with Crippen LogP contribution in [0.15, 0.2) is 54.7 Å². The summed E-state index contributed by atoms with van der Waals surface area (Å²) in [7, 11) is 2.19. The molecule has 0 unspecified atom stereocenters. The number of likely N-dealkylation sites (tertiary alicyclic amines) is 1. The van der Waals surface area contributed by atoms with Gasteiger partial charge < -0.3 is 14.5 Å². The predicted octanol–water partition coefficient (Wildman–Crippen LogP) is 5.49. The summed E-state index contributed by atoms with van der Waals surface area (Å²) in [6.07, 6.45) is 6.18. The summed E-state index contributed by atoms with van der Waals surface area (Å²) in [5.74, 6) is 2.24. The van der Waals surface area contributed by atoms with E-state index in [9.17, 15) is 9.59 Å². The molecule has 0 bridgehead atoms. The number of pyridine rings is 2. The zero-order chi connectivity index (χ0) is 26.9. The highest BCUT2D eigenvalue weighted by atomic mass is 16.5. The number of ether oxygens (including phenoxy) is 1. The first kappa shape index (κ1) is 25.3. The Hall–Kier alpha value is -3.98. The van der Waals surface area contributed by atoms with Gasteiger partial charge in [0.2, 0.25) is 0 Å². The van der Waals surface area contributed by atoms with Crippen molar-refractivity contribution in [2.24, 2.45) is 0 Å². The Bertz CT molecular complexity index is 1370. The van der Waals surface area contributed by atoms with Crippen LogP contribution in [0.1, 0.15) is 42.9 Å². The van der Waals surface area contributed by atoms with Gasteiger partial charge in [-0.25, -0.2) is 19.5 Å². The highest BCUT2D eigenvalue weighted by molar-refractivity contribution is 6.01. The largest absolute Gasteiger partial charge is 0.455 e. The van der Waals surface area contributed by atoms with Crippen LogP contribution >= 0.6 is 0 Å². The molecule has 6 rings (SSSR count). The predicted molar refractivity (Wildman–Crippen MR) is 149 cm³/mol. The van der Waals surface area contributed by atoms with Crippen LogP contribution in [0.25, 0.3) is 11.3 Å². The average molecular weight is 527 g/mol. The van der Waals surface area contributed by atoms with E-state index in [1.807, 2.05) is 19.1 Å². The number of piperidine rings is 1. The number of urea groups is 2. The minimum atomic E-state index is -0.454. The fourth-order valence-corrected chi connectivity index (χ4v) is 5.40. The number of carbonyl (C=O) groups is 2. The molecule has 0 atom stereocenters. The topological polar surface area (TPSA) is 90.9 Å². The van der Waals surface area contributed by atoms with Gasteiger partial charge in [-0.05, 0) is 82.4 Å². The third-order valence-electron chi connectivity index (χ3n) is 7.90. The average Bonchev–Trinajstić information content (AvgIpc) is 3.71. The molecule has 39 heavy (non-hydrogen) atoms. The van der Waals surface area contributed by atoms with Gasteiger partial charge in [-0.3, -0.25) is 10.3 Å². The summed E-state index contributed by atoms with van der Waals surface area (Å²) in [6.45, 7) is 5.10. The van der Waals surface area contributed by atoms with Crippen molar-refractivity contribution >= 4 is 17.9 Å². The Kier molecular flexibility index (Phi) is 6.91. The van der Waals surface area contributed by atoms with E-state index in [4.69, 9.17) is 4.74 Å². The first-order chi connectivity index (χ1) is 18.9. The first-order valence-electron chi connectivity index (χ1n) is 13.7. The molecule has 4 heterocycles. The summed E-state index contributed by atoms with van der Waals surface area (Å²) < 4.78 is 6.13. The number of aromatic nitrogens is 2. The van der Waals surface area contributed by atoms with Crippen molar-refractivity contribution in [2.75, 3.05) is 38.5 Å². The van der Waals surface area contributed by atoms with E-state index in [1.54, 1.807) is 23.2 Å². The molecule has 4 amide bonds. The monoisotopic (exact) mass is 526 g/mol. The number of carbonyl (C=O) groups excluding carboxylic acids is 2. The number of rotatable bonds is 6.